The number of hydrogen-bond donors (Lipinski definition) is 2. The molecule has 3 heteroatoms. The summed E-state index contributed by atoms with van der Waals surface area (Å²) in [5.74, 6) is 1.74. The minimum Gasteiger partial charge on any atom is -0.339 e. The molecule has 1 aliphatic rings. The Morgan fingerprint density at radius 1 is 1.12 bits per heavy atom. The van der Waals surface area contributed by atoms with Gasteiger partial charge in [0.2, 0.25) is 0 Å². The summed E-state index contributed by atoms with van der Waals surface area (Å²) in [6.45, 7) is 0. The molecule has 0 saturated carbocycles. The Balaban J connectivity index is 2.33. The van der Waals surface area contributed by atoms with Crippen LogP contribution in [0.3, 0.4) is 0 Å². The lowest BCUT2D eigenvalue weighted by Crippen LogP contribution is -2.21. The first-order chi connectivity index (χ1) is 3.71. The van der Waals surface area contributed by atoms with Crippen molar-refractivity contribution in [2.45, 2.75) is 19.3 Å². The van der Waals surface area contributed by atoms with E-state index in [4.69, 9.17) is 5.14 Å². The van der Waals surface area contributed by atoms with Gasteiger partial charge in [0.15, 0.2) is 0 Å². The van der Waals surface area contributed by atoms with E-state index in [1.165, 1.54) is 6.42 Å². The maximum Gasteiger partial charge on any atom is 0.0111 e. The van der Waals surface area contributed by atoms with Gasteiger partial charge in [-0.3, -0.25) is 5.14 Å². The molecule has 50 valence electrons. The van der Waals surface area contributed by atoms with Crippen molar-refractivity contribution in [3.63, 3.8) is 0 Å². The van der Waals surface area contributed by atoms with Crippen LogP contribution in [0, 0.1) is 0 Å². The Labute approximate surface area is 51.7 Å². The van der Waals surface area contributed by atoms with Crippen LogP contribution in [0.1, 0.15) is 19.3 Å². The average Bonchev–Trinajstić information content (AvgIpc) is 1.65. The zero-order chi connectivity index (χ0) is 6.04. The summed E-state index contributed by atoms with van der Waals surface area (Å²) in [5, 5.41) is 5.52. The van der Waals surface area contributed by atoms with Gasteiger partial charge in [0.25, 0.3) is 0 Å². The van der Waals surface area contributed by atoms with E-state index in [1.807, 2.05) is 0 Å². The van der Waals surface area contributed by atoms with Gasteiger partial charge in [-0.1, -0.05) is 16.9 Å². The fourth-order valence-corrected chi connectivity index (χ4v) is 2.60. The van der Waals surface area contributed by atoms with E-state index in [1.54, 1.807) is 0 Å². The van der Waals surface area contributed by atoms with E-state index in [0.29, 0.717) is 0 Å². The van der Waals surface area contributed by atoms with Crippen LogP contribution in [0.25, 0.3) is 0 Å². The molecule has 0 atom stereocenters. The van der Waals surface area contributed by atoms with Crippen molar-refractivity contribution in [2.24, 2.45) is 5.14 Å². The van der Waals surface area contributed by atoms with Crippen molar-refractivity contribution in [3.8, 4) is 0 Å². The van der Waals surface area contributed by atoms with Crippen LogP contribution < -0.4 is 5.14 Å². The normalized spacial score (nSPS) is 31.8. The zero-order valence-electron chi connectivity index (χ0n) is 4.97. The molecule has 1 aliphatic heterocycles. The second-order valence-electron chi connectivity index (χ2n) is 2.37. The van der Waals surface area contributed by atoms with Gasteiger partial charge < -0.3 is 4.55 Å². The molecule has 2 nitrogen and oxygen atoms in total. The molecule has 3 N–H and O–H groups in total. The highest BCUT2D eigenvalue weighted by molar-refractivity contribution is 8.27. The highest BCUT2D eigenvalue weighted by atomic mass is 32.3. The summed E-state index contributed by atoms with van der Waals surface area (Å²) >= 11 is 0. The highest BCUT2D eigenvalue weighted by Crippen LogP contribution is 2.39. The molecule has 0 bridgehead atoms. The molecule has 0 radical (unpaired) electrons. The van der Waals surface area contributed by atoms with Crippen molar-refractivity contribution in [3.05, 3.63) is 0 Å². The van der Waals surface area contributed by atoms with E-state index in [9.17, 15) is 4.55 Å². The molecule has 1 rings (SSSR count). The highest BCUT2D eigenvalue weighted by Gasteiger charge is 2.17. The average molecular weight is 135 g/mol. The van der Waals surface area contributed by atoms with Gasteiger partial charge in [0.05, 0.1) is 0 Å². The van der Waals surface area contributed by atoms with Crippen LogP contribution in [-0.4, -0.2) is 16.1 Å². The van der Waals surface area contributed by atoms with Crippen molar-refractivity contribution >= 4 is 10.5 Å². The third kappa shape index (κ3) is 1.65. The first kappa shape index (κ1) is 6.39. The summed E-state index contributed by atoms with van der Waals surface area (Å²) in [5.41, 5.74) is 0. The Morgan fingerprint density at radius 3 is 1.88 bits per heavy atom. The van der Waals surface area contributed by atoms with Crippen LogP contribution in [0.5, 0.6) is 0 Å². The molecule has 0 amide bonds. The summed E-state index contributed by atoms with van der Waals surface area (Å²) in [6.07, 6.45) is 3.51. The smallest absolute Gasteiger partial charge is 0.0111 e. The molecular weight excluding hydrogens is 122 g/mol. The third-order valence-electron chi connectivity index (χ3n) is 1.50. The van der Waals surface area contributed by atoms with E-state index < -0.39 is 10.5 Å². The fourth-order valence-electron chi connectivity index (χ4n) is 0.983. The maximum atomic E-state index is 9.24. The lowest BCUT2D eigenvalue weighted by molar-refractivity contribution is 0.596. The Kier molecular flexibility index (Phi) is 1.80. The third-order valence-corrected chi connectivity index (χ3v) is 3.49. The predicted molar refractivity (Wildman–Crippen MR) is 38.0 cm³/mol. The minimum absolute atomic E-state index is 0.868. The summed E-state index contributed by atoms with van der Waals surface area (Å²) in [7, 11) is -1.58. The van der Waals surface area contributed by atoms with Gasteiger partial charge in [-0.2, -0.15) is 0 Å². The molecule has 8 heavy (non-hydrogen) atoms. The molecule has 0 aliphatic carbocycles. The number of rotatable bonds is 0. The van der Waals surface area contributed by atoms with Crippen LogP contribution in [0.15, 0.2) is 0 Å². The van der Waals surface area contributed by atoms with Gasteiger partial charge in [0.1, 0.15) is 0 Å². The standard InChI is InChI=1S/C5H13NOS/c6-8(7)4-2-1-3-5-8/h7H,1-6H2. The van der Waals surface area contributed by atoms with Gasteiger partial charge >= 0.3 is 0 Å². The zero-order valence-corrected chi connectivity index (χ0v) is 5.78. The van der Waals surface area contributed by atoms with Crippen molar-refractivity contribution < 1.29 is 4.55 Å². The Bertz CT molecular complexity index is 76.5. The van der Waals surface area contributed by atoms with E-state index in [0.717, 1.165) is 24.3 Å². The van der Waals surface area contributed by atoms with Crippen LogP contribution >= 0.6 is 10.5 Å². The van der Waals surface area contributed by atoms with Crippen molar-refractivity contribution in [2.75, 3.05) is 11.5 Å². The number of nitrogens with two attached hydrogens (primary N) is 1. The predicted octanol–water partition coefficient (Wildman–Crippen LogP) is 1.32. The first-order valence-corrected chi connectivity index (χ1v) is 4.99. The lowest BCUT2D eigenvalue weighted by atomic mass is 10.3. The molecule has 0 spiro atoms. The van der Waals surface area contributed by atoms with E-state index in [-0.39, 0.29) is 0 Å². The molecule has 0 aromatic carbocycles. The minimum atomic E-state index is -1.58. The molecule has 0 aromatic heterocycles. The second-order valence-corrected chi connectivity index (χ2v) is 4.99. The molecule has 0 aromatic rings. The second kappa shape index (κ2) is 2.25. The van der Waals surface area contributed by atoms with Crippen LogP contribution in [-0.2, 0) is 0 Å². The van der Waals surface area contributed by atoms with Gasteiger partial charge in [0, 0.05) is 11.5 Å². The monoisotopic (exact) mass is 135 g/mol. The lowest BCUT2D eigenvalue weighted by Gasteiger charge is -2.32. The largest absolute Gasteiger partial charge is 0.339 e. The SMILES string of the molecule is NS1(O)CCCCC1. The Morgan fingerprint density at radius 2 is 1.62 bits per heavy atom. The molecule has 1 heterocycles. The van der Waals surface area contributed by atoms with Gasteiger partial charge in [-0.15, -0.1) is 0 Å². The molecule has 0 unspecified atom stereocenters. The van der Waals surface area contributed by atoms with Crippen LogP contribution in [0.2, 0.25) is 0 Å². The van der Waals surface area contributed by atoms with E-state index >= 15 is 0 Å². The number of hydrogen-bond acceptors (Lipinski definition) is 2. The van der Waals surface area contributed by atoms with Crippen molar-refractivity contribution in [1.29, 1.82) is 0 Å². The van der Waals surface area contributed by atoms with E-state index in [2.05, 4.69) is 0 Å². The van der Waals surface area contributed by atoms with Crippen LogP contribution in [0.4, 0.5) is 0 Å². The Hall–Kier alpha value is 0.270. The van der Waals surface area contributed by atoms with Gasteiger partial charge in [-0.05, 0) is 12.8 Å². The van der Waals surface area contributed by atoms with Crippen molar-refractivity contribution in [1.82, 2.24) is 0 Å². The quantitative estimate of drug-likeness (QED) is 0.526. The molecule has 1 saturated heterocycles. The topological polar surface area (TPSA) is 46.2 Å². The molecule has 1 fully saturated rings. The first-order valence-electron chi connectivity index (χ1n) is 3.00. The maximum absolute atomic E-state index is 9.24. The summed E-state index contributed by atoms with van der Waals surface area (Å²) in [6, 6.07) is 0. The summed E-state index contributed by atoms with van der Waals surface area (Å²) in [4.78, 5) is 0. The van der Waals surface area contributed by atoms with Gasteiger partial charge in [-0.25, -0.2) is 0 Å². The molecular formula is C5H13NOS. The summed E-state index contributed by atoms with van der Waals surface area (Å²) < 4.78 is 9.24. The fraction of sp³-hybridized carbons (Fsp3) is 1.00.